The zero-order valence-electron chi connectivity index (χ0n) is 10.7. The van der Waals surface area contributed by atoms with Gasteiger partial charge in [-0.3, -0.25) is 0 Å². The van der Waals surface area contributed by atoms with Crippen molar-refractivity contribution in [2.75, 3.05) is 16.5 Å². The smallest absolute Gasteiger partial charge is 0.223 e. The Hall–Kier alpha value is -1.86. The van der Waals surface area contributed by atoms with E-state index in [1.165, 1.54) is 0 Å². The molecule has 0 aliphatic rings. The molecule has 0 spiro atoms. The maximum absolute atomic E-state index is 5.61. The van der Waals surface area contributed by atoms with Gasteiger partial charge in [-0.2, -0.15) is 9.97 Å². The van der Waals surface area contributed by atoms with E-state index in [1.807, 2.05) is 26.0 Å². The van der Waals surface area contributed by atoms with Gasteiger partial charge in [0.2, 0.25) is 5.95 Å². The highest BCUT2D eigenvalue weighted by Crippen LogP contribution is 2.27. The van der Waals surface area contributed by atoms with Crippen molar-refractivity contribution >= 4 is 39.2 Å². The van der Waals surface area contributed by atoms with Crippen molar-refractivity contribution in [3.63, 3.8) is 0 Å². The number of nitrogens with one attached hydrogen (secondary N) is 2. The van der Waals surface area contributed by atoms with Gasteiger partial charge < -0.3 is 16.5 Å². The van der Waals surface area contributed by atoms with Crippen LogP contribution in [0.25, 0.3) is 0 Å². The second-order valence-corrected chi connectivity index (χ2v) is 4.98. The van der Waals surface area contributed by atoms with E-state index < -0.39 is 0 Å². The predicted molar refractivity (Wildman–Crippen MR) is 81.2 cm³/mol. The molecule has 0 bridgehead atoms. The number of rotatable bonds is 3. The zero-order chi connectivity index (χ0) is 14.0. The standard InChI is InChI=1S/C12H15BrN6/c1-6-3-8(4-7(2)11(6)13)16-9-5-10(19-15)18-12(14)17-9/h3-5H,15H2,1-2H3,(H4,14,16,17,18,19). The fourth-order valence-corrected chi connectivity index (χ4v) is 2.00. The normalized spacial score (nSPS) is 10.3. The molecule has 7 heteroatoms. The van der Waals surface area contributed by atoms with Gasteiger partial charge in [0, 0.05) is 16.2 Å². The van der Waals surface area contributed by atoms with E-state index in [0.29, 0.717) is 11.6 Å². The van der Waals surface area contributed by atoms with E-state index in [-0.39, 0.29) is 5.95 Å². The fourth-order valence-electron chi connectivity index (χ4n) is 1.77. The van der Waals surface area contributed by atoms with Crippen LogP contribution in [-0.2, 0) is 0 Å². The molecule has 2 rings (SSSR count). The summed E-state index contributed by atoms with van der Waals surface area (Å²) in [6.45, 7) is 4.06. The van der Waals surface area contributed by atoms with Gasteiger partial charge in [0.25, 0.3) is 0 Å². The Morgan fingerprint density at radius 3 is 2.21 bits per heavy atom. The lowest BCUT2D eigenvalue weighted by atomic mass is 10.1. The third-order valence-corrected chi connectivity index (χ3v) is 3.85. The van der Waals surface area contributed by atoms with Gasteiger partial charge in [-0.15, -0.1) is 0 Å². The number of benzene rings is 1. The quantitative estimate of drug-likeness (QED) is 0.511. The lowest BCUT2D eigenvalue weighted by Gasteiger charge is -2.11. The fraction of sp³-hybridized carbons (Fsp3) is 0.167. The van der Waals surface area contributed by atoms with Crippen molar-refractivity contribution in [2.24, 2.45) is 5.84 Å². The van der Waals surface area contributed by atoms with Gasteiger partial charge >= 0.3 is 0 Å². The van der Waals surface area contributed by atoms with Crippen LogP contribution < -0.4 is 22.3 Å². The molecule has 0 saturated heterocycles. The van der Waals surface area contributed by atoms with Crippen LogP contribution in [0.3, 0.4) is 0 Å². The molecule has 1 aromatic carbocycles. The summed E-state index contributed by atoms with van der Waals surface area (Å²) >= 11 is 3.53. The van der Waals surface area contributed by atoms with E-state index in [0.717, 1.165) is 21.3 Å². The van der Waals surface area contributed by atoms with E-state index in [2.05, 4.69) is 36.6 Å². The van der Waals surface area contributed by atoms with Gasteiger partial charge in [0.1, 0.15) is 11.6 Å². The molecular weight excluding hydrogens is 308 g/mol. The topological polar surface area (TPSA) is 102 Å². The Bertz CT molecular complexity index is 590. The molecule has 100 valence electrons. The Morgan fingerprint density at radius 2 is 1.63 bits per heavy atom. The summed E-state index contributed by atoms with van der Waals surface area (Å²) in [5.74, 6) is 6.52. The van der Waals surface area contributed by atoms with Gasteiger partial charge in [-0.05, 0) is 37.1 Å². The molecule has 1 heterocycles. The van der Waals surface area contributed by atoms with E-state index in [4.69, 9.17) is 11.6 Å². The Balaban J connectivity index is 2.33. The number of anilines is 4. The summed E-state index contributed by atoms with van der Waals surface area (Å²) < 4.78 is 1.10. The summed E-state index contributed by atoms with van der Waals surface area (Å²) in [4.78, 5) is 8.03. The number of aryl methyl sites for hydroxylation is 2. The number of nitrogen functional groups attached to an aromatic ring is 2. The van der Waals surface area contributed by atoms with Crippen molar-refractivity contribution < 1.29 is 0 Å². The van der Waals surface area contributed by atoms with Gasteiger partial charge in [-0.1, -0.05) is 15.9 Å². The third-order valence-electron chi connectivity index (χ3n) is 2.60. The molecule has 6 N–H and O–H groups in total. The average Bonchev–Trinajstić information content (AvgIpc) is 2.35. The van der Waals surface area contributed by atoms with Crippen molar-refractivity contribution in [2.45, 2.75) is 13.8 Å². The third kappa shape index (κ3) is 3.12. The second kappa shape index (κ2) is 5.41. The van der Waals surface area contributed by atoms with Crippen molar-refractivity contribution in [3.05, 3.63) is 33.8 Å². The minimum atomic E-state index is 0.156. The van der Waals surface area contributed by atoms with E-state index in [9.17, 15) is 0 Å². The van der Waals surface area contributed by atoms with Crippen LogP contribution in [0.1, 0.15) is 11.1 Å². The first kappa shape index (κ1) is 13.6. The molecule has 0 amide bonds. The number of hydrogen-bond donors (Lipinski definition) is 4. The number of aromatic nitrogens is 2. The van der Waals surface area contributed by atoms with Crippen molar-refractivity contribution in [1.29, 1.82) is 0 Å². The SMILES string of the molecule is Cc1cc(Nc2cc(NN)nc(N)n2)cc(C)c1Br. The number of hydrogen-bond acceptors (Lipinski definition) is 6. The minimum absolute atomic E-state index is 0.156. The Kier molecular flexibility index (Phi) is 3.87. The highest BCUT2D eigenvalue weighted by Gasteiger charge is 2.05. The first-order chi connectivity index (χ1) is 8.99. The van der Waals surface area contributed by atoms with Crippen LogP contribution in [0.5, 0.6) is 0 Å². The monoisotopic (exact) mass is 322 g/mol. The zero-order valence-corrected chi connectivity index (χ0v) is 12.2. The van der Waals surface area contributed by atoms with E-state index >= 15 is 0 Å². The Labute approximate surface area is 119 Å². The van der Waals surface area contributed by atoms with Crippen LogP contribution in [0.15, 0.2) is 22.7 Å². The molecule has 19 heavy (non-hydrogen) atoms. The molecule has 0 aliphatic carbocycles. The lowest BCUT2D eigenvalue weighted by Crippen LogP contribution is -2.11. The number of nitrogens with zero attached hydrogens (tertiary/aromatic N) is 2. The first-order valence-corrected chi connectivity index (χ1v) is 6.44. The number of halogens is 1. The summed E-state index contributed by atoms with van der Waals surface area (Å²) in [7, 11) is 0. The summed E-state index contributed by atoms with van der Waals surface area (Å²) in [6, 6.07) is 5.72. The molecule has 0 atom stereocenters. The molecule has 0 unspecified atom stereocenters. The molecule has 0 radical (unpaired) electrons. The van der Waals surface area contributed by atoms with E-state index in [1.54, 1.807) is 6.07 Å². The number of hydrazine groups is 1. The Morgan fingerprint density at radius 1 is 1.05 bits per heavy atom. The molecular formula is C12H15BrN6. The first-order valence-electron chi connectivity index (χ1n) is 5.64. The van der Waals surface area contributed by atoms with Crippen molar-refractivity contribution in [1.82, 2.24) is 9.97 Å². The molecule has 0 saturated carbocycles. The average molecular weight is 323 g/mol. The van der Waals surface area contributed by atoms with Gasteiger partial charge in [0.05, 0.1) is 0 Å². The summed E-state index contributed by atoms with van der Waals surface area (Å²) in [6.07, 6.45) is 0. The van der Waals surface area contributed by atoms with Crippen LogP contribution in [-0.4, -0.2) is 9.97 Å². The van der Waals surface area contributed by atoms with Crippen LogP contribution in [0.2, 0.25) is 0 Å². The molecule has 6 nitrogen and oxygen atoms in total. The van der Waals surface area contributed by atoms with Gasteiger partial charge in [0.15, 0.2) is 0 Å². The minimum Gasteiger partial charge on any atom is -0.368 e. The number of nitrogens with two attached hydrogens (primary N) is 2. The van der Waals surface area contributed by atoms with Crippen LogP contribution in [0.4, 0.5) is 23.3 Å². The largest absolute Gasteiger partial charge is 0.368 e. The van der Waals surface area contributed by atoms with Crippen LogP contribution >= 0.6 is 15.9 Å². The summed E-state index contributed by atoms with van der Waals surface area (Å²) in [5.41, 5.74) is 11.3. The maximum atomic E-state index is 5.61. The molecule has 1 aromatic heterocycles. The van der Waals surface area contributed by atoms with Crippen LogP contribution in [0, 0.1) is 13.8 Å². The second-order valence-electron chi connectivity index (χ2n) is 4.19. The molecule has 0 aliphatic heterocycles. The lowest BCUT2D eigenvalue weighted by molar-refractivity contribution is 1.15. The summed E-state index contributed by atoms with van der Waals surface area (Å²) in [5, 5.41) is 3.18. The van der Waals surface area contributed by atoms with Gasteiger partial charge in [-0.25, -0.2) is 5.84 Å². The molecule has 2 aromatic rings. The highest BCUT2D eigenvalue weighted by atomic mass is 79.9. The predicted octanol–water partition coefficient (Wildman–Crippen LogP) is 2.47. The molecule has 0 fully saturated rings. The highest BCUT2D eigenvalue weighted by molar-refractivity contribution is 9.10. The maximum Gasteiger partial charge on any atom is 0.223 e. The van der Waals surface area contributed by atoms with Crippen molar-refractivity contribution in [3.8, 4) is 0 Å².